The van der Waals surface area contributed by atoms with E-state index in [2.05, 4.69) is 25.1 Å². The second kappa shape index (κ2) is 9.35. The van der Waals surface area contributed by atoms with Crippen LogP contribution in [0.1, 0.15) is 38.5 Å². The van der Waals surface area contributed by atoms with Crippen molar-refractivity contribution in [3.8, 4) is 22.8 Å². The summed E-state index contributed by atoms with van der Waals surface area (Å²) in [5.74, 6) is 1.05. The molecule has 1 aliphatic carbocycles. The minimum atomic E-state index is -0.791. The molecule has 2 aliphatic rings. The predicted molar refractivity (Wildman–Crippen MR) is 130 cm³/mol. The first kappa shape index (κ1) is 22.8. The number of hydrogen-bond donors (Lipinski definition) is 3. The number of carbonyl (C=O) groups is 1. The van der Waals surface area contributed by atoms with Crippen LogP contribution in [-0.4, -0.2) is 55.0 Å². The summed E-state index contributed by atoms with van der Waals surface area (Å²) in [6.45, 7) is 1.38. The average Bonchev–Trinajstić information content (AvgIpc) is 3.35. The van der Waals surface area contributed by atoms with Gasteiger partial charge < -0.3 is 15.1 Å². The average molecular weight is 482 g/mol. The summed E-state index contributed by atoms with van der Waals surface area (Å²) in [4.78, 5) is 22.8. The Bertz CT molecular complexity index is 1160. The number of aromatic amines is 1. The molecule has 2 atom stereocenters. The van der Waals surface area contributed by atoms with Crippen molar-refractivity contribution < 1.29 is 15.0 Å². The molecule has 0 spiro atoms. The maximum atomic E-state index is 11.4. The number of carboxylic acid groups (broad SMARTS) is 1. The van der Waals surface area contributed by atoms with Crippen molar-refractivity contribution in [3.63, 3.8) is 0 Å². The summed E-state index contributed by atoms with van der Waals surface area (Å²) in [7, 11) is 0. The van der Waals surface area contributed by atoms with Gasteiger partial charge in [-0.1, -0.05) is 30.2 Å². The standard InChI is InChI=1S/C25H28ClN5O3/c26-20-6-2-3-16(14-20)22-28-23(30-29-22)18-7-8-21(27-15-18)31-11-9-25(34,10-12-31)19-5-1-4-17(13-19)24(32)33/h2-3,6-8,14-15,17,19,34H,1,4-5,9-13H2,(H,32,33)(H,28,29,30). The van der Waals surface area contributed by atoms with Gasteiger partial charge in [-0.3, -0.25) is 9.89 Å². The number of piperidine rings is 1. The van der Waals surface area contributed by atoms with Gasteiger partial charge in [0.05, 0.1) is 11.5 Å². The number of halogens is 1. The van der Waals surface area contributed by atoms with Crippen LogP contribution in [0.2, 0.25) is 5.02 Å². The lowest BCUT2D eigenvalue weighted by Gasteiger charge is -2.45. The van der Waals surface area contributed by atoms with Crippen molar-refractivity contribution in [2.75, 3.05) is 18.0 Å². The number of aliphatic carboxylic acids is 1. The van der Waals surface area contributed by atoms with Gasteiger partial charge in [-0.05, 0) is 62.3 Å². The fraction of sp³-hybridized carbons (Fsp3) is 0.440. The van der Waals surface area contributed by atoms with E-state index in [1.54, 1.807) is 6.20 Å². The summed E-state index contributed by atoms with van der Waals surface area (Å²) in [5, 5.41) is 28.6. The van der Waals surface area contributed by atoms with E-state index in [4.69, 9.17) is 11.6 Å². The fourth-order valence-electron chi connectivity index (χ4n) is 5.29. The molecule has 5 rings (SSSR count). The Morgan fingerprint density at radius 3 is 2.68 bits per heavy atom. The Kier molecular flexibility index (Phi) is 6.27. The molecule has 0 bridgehead atoms. The Morgan fingerprint density at radius 1 is 1.15 bits per heavy atom. The first-order valence-corrected chi connectivity index (χ1v) is 12.1. The molecule has 2 fully saturated rings. The molecule has 0 radical (unpaired) electrons. The zero-order chi connectivity index (χ0) is 23.7. The van der Waals surface area contributed by atoms with Crippen molar-refractivity contribution in [2.24, 2.45) is 11.8 Å². The van der Waals surface area contributed by atoms with E-state index in [-0.39, 0.29) is 11.8 Å². The number of pyridine rings is 1. The Balaban J connectivity index is 1.23. The van der Waals surface area contributed by atoms with Gasteiger partial charge in [-0.15, -0.1) is 0 Å². The van der Waals surface area contributed by atoms with Crippen LogP contribution in [0.5, 0.6) is 0 Å². The number of aromatic nitrogens is 4. The number of hydrogen-bond acceptors (Lipinski definition) is 6. The van der Waals surface area contributed by atoms with Crippen LogP contribution in [0, 0.1) is 11.8 Å². The molecule has 178 valence electrons. The molecular formula is C25H28ClN5O3. The molecular weight excluding hydrogens is 454 g/mol. The van der Waals surface area contributed by atoms with E-state index in [1.165, 1.54) is 0 Å². The van der Waals surface area contributed by atoms with Crippen LogP contribution in [-0.2, 0) is 4.79 Å². The van der Waals surface area contributed by atoms with E-state index in [1.807, 2.05) is 36.4 Å². The van der Waals surface area contributed by atoms with Crippen LogP contribution in [0.4, 0.5) is 5.82 Å². The molecule has 0 amide bonds. The van der Waals surface area contributed by atoms with Gasteiger partial charge in [-0.25, -0.2) is 9.97 Å². The van der Waals surface area contributed by atoms with Crippen LogP contribution in [0.15, 0.2) is 42.6 Å². The van der Waals surface area contributed by atoms with Crippen LogP contribution < -0.4 is 4.90 Å². The monoisotopic (exact) mass is 481 g/mol. The van der Waals surface area contributed by atoms with E-state index in [0.717, 1.165) is 36.2 Å². The predicted octanol–water partition coefficient (Wildman–Crippen LogP) is 4.41. The quantitative estimate of drug-likeness (QED) is 0.494. The van der Waals surface area contributed by atoms with E-state index in [9.17, 15) is 15.0 Å². The van der Waals surface area contributed by atoms with Crippen LogP contribution in [0.25, 0.3) is 22.8 Å². The van der Waals surface area contributed by atoms with Gasteiger partial charge in [0.2, 0.25) is 0 Å². The number of H-pyrrole nitrogens is 1. The number of nitrogens with zero attached hydrogens (tertiary/aromatic N) is 4. The van der Waals surface area contributed by atoms with Crippen molar-refractivity contribution in [1.29, 1.82) is 0 Å². The van der Waals surface area contributed by atoms with E-state index in [0.29, 0.717) is 49.0 Å². The SMILES string of the molecule is O=C(O)C1CCCC(C2(O)CCN(c3ccc(-c4n[nH]c(-c5cccc(Cl)c5)n4)cn3)CC2)C1. The van der Waals surface area contributed by atoms with Crippen molar-refractivity contribution in [2.45, 2.75) is 44.1 Å². The maximum absolute atomic E-state index is 11.4. The largest absolute Gasteiger partial charge is 0.481 e. The normalized spacial score (nSPS) is 22.5. The molecule has 1 saturated heterocycles. The number of carboxylic acids is 1. The zero-order valence-corrected chi connectivity index (χ0v) is 19.6. The summed E-state index contributed by atoms with van der Waals surface area (Å²) in [5.41, 5.74) is 0.883. The molecule has 1 aromatic carbocycles. The minimum Gasteiger partial charge on any atom is -0.481 e. The van der Waals surface area contributed by atoms with Gasteiger partial charge in [-0.2, -0.15) is 5.10 Å². The third kappa shape index (κ3) is 4.65. The van der Waals surface area contributed by atoms with Gasteiger partial charge in [0.1, 0.15) is 5.82 Å². The Morgan fingerprint density at radius 2 is 1.97 bits per heavy atom. The number of rotatable bonds is 5. The molecule has 3 N–H and O–H groups in total. The molecule has 8 nitrogen and oxygen atoms in total. The highest BCUT2D eigenvalue weighted by atomic mass is 35.5. The number of anilines is 1. The number of benzene rings is 1. The third-order valence-electron chi connectivity index (χ3n) is 7.33. The van der Waals surface area contributed by atoms with Gasteiger partial charge in [0, 0.05) is 35.4 Å². The third-order valence-corrected chi connectivity index (χ3v) is 7.56. The Hall–Kier alpha value is -2.97. The van der Waals surface area contributed by atoms with Crippen molar-refractivity contribution in [1.82, 2.24) is 20.2 Å². The minimum absolute atomic E-state index is 0.0549. The summed E-state index contributed by atoms with van der Waals surface area (Å²) in [6.07, 6.45) is 6.08. The zero-order valence-electron chi connectivity index (χ0n) is 18.8. The smallest absolute Gasteiger partial charge is 0.306 e. The highest BCUT2D eigenvalue weighted by Gasteiger charge is 2.43. The van der Waals surface area contributed by atoms with Crippen LogP contribution in [0.3, 0.4) is 0 Å². The lowest BCUT2D eigenvalue weighted by Crippen LogP contribution is -2.50. The molecule has 2 unspecified atom stereocenters. The molecule has 9 heteroatoms. The Labute approximate surface area is 203 Å². The molecule has 34 heavy (non-hydrogen) atoms. The molecule has 1 saturated carbocycles. The molecule has 3 aromatic rings. The topological polar surface area (TPSA) is 115 Å². The van der Waals surface area contributed by atoms with Crippen molar-refractivity contribution >= 4 is 23.4 Å². The van der Waals surface area contributed by atoms with Gasteiger partial charge in [0.25, 0.3) is 0 Å². The second-order valence-corrected chi connectivity index (χ2v) is 9.85. The number of aliphatic hydroxyl groups is 1. The van der Waals surface area contributed by atoms with Crippen molar-refractivity contribution in [3.05, 3.63) is 47.6 Å². The van der Waals surface area contributed by atoms with Gasteiger partial charge >= 0.3 is 5.97 Å². The second-order valence-electron chi connectivity index (χ2n) is 9.41. The summed E-state index contributed by atoms with van der Waals surface area (Å²) < 4.78 is 0. The first-order chi connectivity index (χ1) is 16.4. The maximum Gasteiger partial charge on any atom is 0.306 e. The highest BCUT2D eigenvalue weighted by Crippen LogP contribution is 2.41. The van der Waals surface area contributed by atoms with Gasteiger partial charge in [0.15, 0.2) is 11.6 Å². The van der Waals surface area contributed by atoms with E-state index < -0.39 is 11.6 Å². The molecule has 2 aromatic heterocycles. The summed E-state index contributed by atoms with van der Waals surface area (Å²) >= 11 is 6.07. The van der Waals surface area contributed by atoms with E-state index >= 15 is 0 Å². The lowest BCUT2D eigenvalue weighted by molar-refractivity contribution is -0.145. The highest BCUT2D eigenvalue weighted by molar-refractivity contribution is 6.30. The molecule has 3 heterocycles. The number of nitrogens with one attached hydrogen (secondary N) is 1. The molecule has 1 aliphatic heterocycles. The fourth-order valence-corrected chi connectivity index (χ4v) is 5.48. The first-order valence-electron chi connectivity index (χ1n) is 11.8. The lowest BCUT2D eigenvalue weighted by atomic mass is 9.69. The summed E-state index contributed by atoms with van der Waals surface area (Å²) in [6, 6.07) is 11.3. The van der Waals surface area contributed by atoms with Crippen LogP contribution >= 0.6 is 11.6 Å².